The van der Waals surface area contributed by atoms with Crippen LogP contribution >= 0.6 is 11.3 Å². The van der Waals surface area contributed by atoms with Gasteiger partial charge in [0, 0.05) is 17.5 Å². The molecule has 5 nitrogen and oxygen atoms in total. The maximum absolute atomic E-state index is 12.4. The Bertz CT molecular complexity index is 1210. The number of anilines is 2. The van der Waals surface area contributed by atoms with E-state index in [9.17, 15) is 4.79 Å². The number of nitrogens with one attached hydrogen (secondary N) is 2. The van der Waals surface area contributed by atoms with Gasteiger partial charge in [-0.2, -0.15) is 0 Å². The third-order valence-electron chi connectivity index (χ3n) is 4.75. The summed E-state index contributed by atoms with van der Waals surface area (Å²) in [5, 5.41) is 6.14. The van der Waals surface area contributed by atoms with E-state index in [2.05, 4.69) is 15.6 Å². The number of rotatable bonds is 5. The van der Waals surface area contributed by atoms with Crippen molar-refractivity contribution in [3.63, 3.8) is 0 Å². The van der Waals surface area contributed by atoms with Gasteiger partial charge in [0.25, 0.3) is 5.91 Å². The fourth-order valence-electron chi connectivity index (χ4n) is 3.28. The van der Waals surface area contributed by atoms with E-state index in [1.165, 1.54) is 11.3 Å². The summed E-state index contributed by atoms with van der Waals surface area (Å²) < 4.78 is 6.83. The smallest absolute Gasteiger partial charge is 0.257 e. The van der Waals surface area contributed by atoms with Crippen molar-refractivity contribution in [2.75, 3.05) is 10.6 Å². The predicted octanol–water partition coefficient (Wildman–Crippen LogP) is 5.28. The van der Waals surface area contributed by atoms with Gasteiger partial charge < -0.3 is 15.4 Å². The van der Waals surface area contributed by atoms with Gasteiger partial charge in [-0.15, -0.1) is 11.3 Å². The minimum atomic E-state index is -0.115. The fraction of sp³-hybridized carbons (Fsp3) is 0.0435. The minimum Gasteiger partial charge on any atom is -0.489 e. The van der Waals surface area contributed by atoms with Crippen molar-refractivity contribution in [1.29, 1.82) is 0 Å². The molecule has 5 rings (SSSR count). The second-order valence-electron chi connectivity index (χ2n) is 6.64. The lowest BCUT2D eigenvalue weighted by molar-refractivity contribution is -0.110. The van der Waals surface area contributed by atoms with Crippen molar-refractivity contribution in [2.24, 2.45) is 0 Å². The first kappa shape index (κ1) is 17.5. The van der Waals surface area contributed by atoms with Crippen LogP contribution < -0.4 is 15.4 Å². The molecule has 2 heterocycles. The second kappa shape index (κ2) is 7.41. The molecule has 0 spiro atoms. The number of benzene rings is 3. The summed E-state index contributed by atoms with van der Waals surface area (Å²) >= 11 is 1.54. The normalized spacial score (nSPS) is 14.1. The van der Waals surface area contributed by atoms with Crippen molar-refractivity contribution in [3.05, 3.63) is 89.6 Å². The van der Waals surface area contributed by atoms with Crippen LogP contribution in [0.3, 0.4) is 0 Å². The molecule has 142 valence electrons. The van der Waals surface area contributed by atoms with Crippen LogP contribution in [0.4, 0.5) is 11.4 Å². The van der Waals surface area contributed by atoms with E-state index in [-0.39, 0.29) is 5.91 Å². The summed E-state index contributed by atoms with van der Waals surface area (Å²) in [5.41, 5.74) is 7.04. The molecule has 1 aromatic heterocycles. The van der Waals surface area contributed by atoms with E-state index < -0.39 is 0 Å². The van der Waals surface area contributed by atoms with Crippen LogP contribution in [0.2, 0.25) is 0 Å². The summed E-state index contributed by atoms with van der Waals surface area (Å²) in [6.07, 6.45) is 1.75. The van der Waals surface area contributed by atoms with E-state index in [1.807, 2.05) is 66.7 Å². The molecule has 0 unspecified atom stereocenters. The van der Waals surface area contributed by atoms with E-state index >= 15 is 0 Å². The van der Waals surface area contributed by atoms with E-state index in [0.717, 1.165) is 38.5 Å². The van der Waals surface area contributed by atoms with Crippen LogP contribution in [-0.2, 0) is 11.4 Å². The van der Waals surface area contributed by atoms with Crippen LogP contribution in [0.15, 0.2) is 78.4 Å². The van der Waals surface area contributed by atoms with Crippen LogP contribution in [0.25, 0.3) is 15.8 Å². The number of carbonyl (C=O) groups is 1. The number of ether oxygens (including phenoxy) is 1. The number of amides is 1. The highest BCUT2D eigenvalue weighted by Gasteiger charge is 2.27. The lowest BCUT2D eigenvalue weighted by Gasteiger charge is -2.08. The number of aromatic nitrogens is 1. The Hall–Kier alpha value is -3.64. The summed E-state index contributed by atoms with van der Waals surface area (Å²) in [6.45, 7) is 0.527. The third kappa shape index (κ3) is 3.46. The topological polar surface area (TPSA) is 63.2 Å². The molecule has 3 aromatic carbocycles. The van der Waals surface area contributed by atoms with Crippen molar-refractivity contribution in [1.82, 2.24) is 4.98 Å². The first-order valence-electron chi connectivity index (χ1n) is 9.19. The highest BCUT2D eigenvalue weighted by molar-refractivity contribution is 7.17. The molecule has 0 saturated heterocycles. The first-order valence-corrected chi connectivity index (χ1v) is 10.1. The maximum Gasteiger partial charge on any atom is 0.257 e. The zero-order valence-electron chi connectivity index (χ0n) is 15.4. The molecule has 29 heavy (non-hydrogen) atoms. The molecule has 0 saturated carbocycles. The van der Waals surface area contributed by atoms with Crippen LogP contribution in [-0.4, -0.2) is 10.9 Å². The molecule has 0 fully saturated rings. The van der Waals surface area contributed by atoms with Gasteiger partial charge in [0.15, 0.2) is 0 Å². The number of nitrogens with zero attached hydrogens (tertiary/aromatic N) is 1. The number of hydrogen-bond donors (Lipinski definition) is 2. The quantitative estimate of drug-likeness (QED) is 0.448. The molecule has 4 aromatic rings. The standard InChI is InChI=1S/C23H17N3O2S/c27-23-18(21-19(26-23)10-11-20-22(21)29-14-25-20)12-24-16-6-8-17(9-7-16)28-13-15-4-2-1-3-5-15/h1-12,14,24H,13H2,(H,26,27). The number of thiazole rings is 1. The van der Waals surface area contributed by atoms with Crippen molar-refractivity contribution >= 4 is 44.4 Å². The highest BCUT2D eigenvalue weighted by Crippen LogP contribution is 2.39. The van der Waals surface area contributed by atoms with Crippen LogP contribution in [0.1, 0.15) is 11.1 Å². The summed E-state index contributed by atoms with van der Waals surface area (Å²) in [4.78, 5) is 16.8. The molecule has 1 amide bonds. The Morgan fingerprint density at radius 2 is 1.86 bits per heavy atom. The number of fused-ring (bicyclic) bond motifs is 3. The van der Waals surface area contributed by atoms with Gasteiger partial charge in [0.1, 0.15) is 12.4 Å². The van der Waals surface area contributed by atoms with Gasteiger partial charge in [-0.05, 0) is 42.0 Å². The summed E-state index contributed by atoms with van der Waals surface area (Å²) in [7, 11) is 0. The molecule has 0 aliphatic carbocycles. The SMILES string of the molecule is O=C1Nc2ccc3ncsc3c2C1=CNc1ccc(OCc2ccccc2)cc1. The van der Waals surface area contributed by atoms with Crippen molar-refractivity contribution in [2.45, 2.75) is 6.61 Å². The van der Waals surface area contributed by atoms with Gasteiger partial charge in [-0.1, -0.05) is 30.3 Å². The Kier molecular flexibility index (Phi) is 4.46. The maximum atomic E-state index is 12.4. The molecule has 6 heteroatoms. The molecule has 1 aliphatic rings. The third-order valence-corrected chi connectivity index (χ3v) is 5.61. The van der Waals surface area contributed by atoms with Crippen LogP contribution in [0, 0.1) is 0 Å². The van der Waals surface area contributed by atoms with E-state index in [4.69, 9.17) is 4.74 Å². The Labute approximate surface area is 171 Å². The van der Waals surface area contributed by atoms with E-state index in [1.54, 1.807) is 11.7 Å². The average Bonchev–Trinajstić information content (AvgIpc) is 3.35. The Morgan fingerprint density at radius 1 is 1.03 bits per heavy atom. The van der Waals surface area contributed by atoms with Gasteiger partial charge in [0.05, 0.1) is 27.0 Å². The number of carbonyl (C=O) groups excluding carboxylic acids is 1. The Morgan fingerprint density at radius 3 is 2.69 bits per heavy atom. The lowest BCUT2D eigenvalue weighted by atomic mass is 10.1. The second-order valence-corrected chi connectivity index (χ2v) is 7.50. The molecule has 0 bridgehead atoms. The fourth-order valence-corrected chi connectivity index (χ4v) is 4.14. The predicted molar refractivity (Wildman–Crippen MR) is 117 cm³/mol. The molecule has 2 N–H and O–H groups in total. The lowest BCUT2D eigenvalue weighted by Crippen LogP contribution is -2.05. The molecular weight excluding hydrogens is 382 g/mol. The minimum absolute atomic E-state index is 0.115. The summed E-state index contributed by atoms with van der Waals surface area (Å²) in [6, 6.07) is 21.6. The zero-order chi connectivity index (χ0) is 19.6. The summed E-state index contributed by atoms with van der Waals surface area (Å²) in [5.74, 6) is 0.679. The first-order chi connectivity index (χ1) is 14.3. The molecular formula is C23H17N3O2S. The monoisotopic (exact) mass is 399 g/mol. The average molecular weight is 399 g/mol. The molecule has 0 atom stereocenters. The molecule has 1 aliphatic heterocycles. The Balaban J connectivity index is 1.32. The van der Waals surface area contributed by atoms with Crippen molar-refractivity contribution < 1.29 is 9.53 Å². The van der Waals surface area contributed by atoms with Crippen molar-refractivity contribution in [3.8, 4) is 5.75 Å². The highest BCUT2D eigenvalue weighted by atomic mass is 32.1. The van der Waals surface area contributed by atoms with Gasteiger partial charge >= 0.3 is 0 Å². The van der Waals surface area contributed by atoms with Gasteiger partial charge in [-0.3, -0.25) is 4.79 Å². The zero-order valence-corrected chi connectivity index (χ0v) is 16.2. The largest absolute Gasteiger partial charge is 0.489 e. The van der Waals surface area contributed by atoms with Gasteiger partial charge in [0.2, 0.25) is 0 Å². The van der Waals surface area contributed by atoms with Gasteiger partial charge in [-0.25, -0.2) is 4.98 Å². The van der Waals surface area contributed by atoms with E-state index in [0.29, 0.717) is 12.2 Å². The van der Waals surface area contributed by atoms with Crippen LogP contribution in [0.5, 0.6) is 5.75 Å². The number of hydrogen-bond acceptors (Lipinski definition) is 5. The molecule has 0 radical (unpaired) electrons.